The van der Waals surface area contributed by atoms with E-state index in [1.165, 1.54) is 4.57 Å². The van der Waals surface area contributed by atoms with Crippen LogP contribution < -0.4 is 11.2 Å². The highest BCUT2D eigenvalue weighted by Crippen LogP contribution is 2.30. The second kappa shape index (κ2) is 7.55. The number of rotatable bonds is 5. The molecular formula is C18H23N3O4. The molecule has 0 spiro atoms. The van der Waals surface area contributed by atoms with Crippen LogP contribution in [0.4, 0.5) is 0 Å². The van der Waals surface area contributed by atoms with Gasteiger partial charge in [0.1, 0.15) is 11.3 Å². The second-order valence-corrected chi connectivity index (χ2v) is 6.32. The molecule has 0 saturated heterocycles. The Morgan fingerprint density at radius 3 is 2.76 bits per heavy atom. The average Bonchev–Trinajstić information content (AvgIpc) is 3.12. The minimum atomic E-state index is -0.602. The third-order valence-electron chi connectivity index (χ3n) is 4.69. The quantitative estimate of drug-likeness (QED) is 0.814. The van der Waals surface area contributed by atoms with Crippen LogP contribution in [0, 0.1) is 0 Å². The number of aromatic hydroxyl groups is 1. The lowest BCUT2D eigenvalue weighted by Crippen LogP contribution is -2.36. The van der Waals surface area contributed by atoms with Crippen LogP contribution in [-0.2, 0) is 6.54 Å². The summed E-state index contributed by atoms with van der Waals surface area (Å²) >= 11 is 0. The van der Waals surface area contributed by atoms with Crippen LogP contribution in [0.3, 0.4) is 0 Å². The number of hydrogen-bond acceptors (Lipinski definition) is 5. The lowest BCUT2D eigenvalue weighted by molar-refractivity contribution is 0.298. The van der Waals surface area contributed by atoms with Gasteiger partial charge in [0.15, 0.2) is 0 Å². The van der Waals surface area contributed by atoms with Gasteiger partial charge in [-0.2, -0.15) is 0 Å². The van der Waals surface area contributed by atoms with Gasteiger partial charge in [-0.25, -0.2) is 4.79 Å². The van der Waals surface area contributed by atoms with Gasteiger partial charge in [0.2, 0.25) is 5.88 Å². The molecule has 0 aromatic carbocycles. The zero-order valence-corrected chi connectivity index (χ0v) is 14.3. The molecule has 3 rings (SSSR count). The summed E-state index contributed by atoms with van der Waals surface area (Å²) < 4.78 is 6.58. The van der Waals surface area contributed by atoms with Gasteiger partial charge in [0, 0.05) is 6.04 Å². The van der Waals surface area contributed by atoms with Crippen LogP contribution in [0.15, 0.2) is 37.4 Å². The minimum Gasteiger partial charge on any atom is -0.494 e. The molecule has 0 aliphatic heterocycles. The van der Waals surface area contributed by atoms with Crippen molar-refractivity contribution in [2.45, 2.75) is 58.0 Å². The number of nitrogens with one attached hydrogen (secondary N) is 1. The topological polar surface area (TPSA) is 101 Å². The normalized spacial score (nSPS) is 16.3. The lowest BCUT2D eigenvalue weighted by atomic mass is 9.95. The Balaban J connectivity index is 2.03. The number of nitrogens with zero attached hydrogens (tertiary/aromatic N) is 2. The highest BCUT2D eigenvalue weighted by molar-refractivity contribution is 6.01. The van der Waals surface area contributed by atoms with Crippen LogP contribution >= 0.6 is 0 Å². The van der Waals surface area contributed by atoms with Crippen molar-refractivity contribution in [2.24, 2.45) is 4.99 Å². The van der Waals surface area contributed by atoms with E-state index in [2.05, 4.69) is 9.98 Å². The first-order valence-corrected chi connectivity index (χ1v) is 8.75. The van der Waals surface area contributed by atoms with Crippen molar-refractivity contribution >= 4 is 5.71 Å². The van der Waals surface area contributed by atoms with Gasteiger partial charge in [0.25, 0.3) is 5.56 Å². The van der Waals surface area contributed by atoms with Crippen LogP contribution in [0.1, 0.15) is 62.8 Å². The molecule has 0 atom stereocenters. The first-order chi connectivity index (χ1) is 12.1. The van der Waals surface area contributed by atoms with Crippen LogP contribution in [0.25, 0.3) is 0 Å². The summed E-state index contributed by atoms with van der Waals surface area (Å²) in [6.07, 6.45) is 6.82. The standard InChI is InChI=1S/C18H23N3O4/c1-2-14(19-11-13-9-6-10-25-13)15-16(22)20-18(24)21(17(15)23)12-7-4-3-5-8-12/h6,9-10,12,23H,2-5,7-8,11H2,1H3,(H,20,22,24). The molecular weight excluding hydrogens is 322 g/mol. The van der Waals surface area contributed by atoms with Crippen molar-refractivity contribution in [3.8, 4) is 5.88 Å². The molecule has 2 heterocycles. The van der Waals surface area contributed by atoms with Gasteiger partial charge in [-0.05, 0) is 31.4 Å². The Labute approximate surface area is 145 Å². The number of hydrogen-bond donors (Lipinski definition) is 2. The molecule has 25 heavy (non-hydrogen) atoms. The van der Waals surface area contributed by atoms with E-state index in [1.807, 2.05) is 6.92 Å². The van der Waals surface area contributed by atoms with E-state index >= 15 is 0 Å². The van der Waals surface area contributed by atoms with E-state index in [1.54, 1.807) is 18.4 Å². The maximum atomic E-state index is 12.3. The fourth-order valence-corrected chi connectivity index (χ4v) is 3.42. The molecule has 0 radical (unpaired) electrons. The average molecular weight is 345 g/mol. The molecule has 1 saturated carbocycles. The second-order valence-electron chi connectivity index (χ2n) is 6.32. The van der Waals surface area contributed by atoms with E-state index in [0.29, 0.717) is 17.9 Å². The summed E-state index contributed by atoms with van der Waals surface area (Å²) in [6.45, 7) is 2.13. The number of furan rings is 1. The Bertz CT molecular complexity index is 855. The molecule has 1 aliphatic carbocycles. The summed E-state index contributed by atoms with van der Waals surface area (Å²) in [5.74, 6) is 0.392. The summed E-state index contributed by atoms with van der Waals surface area (Å²) in [5.41, 5.74) is -0.617. The van der Waals surface area contributed by atoms with E-state index < -0.39 is 11.2 Å². The van der Waals surface area contributed by atoms with Gasteiger partial charge in [-0.3, -0.25) is 19.3 Å². The molecule has 7 heteroatoms. The fraction of sp³-hybridized carbons (Fsp3) is 0.500. The predicted molar refractivity (Wildman–Crippen MR) is 94.3 cm³/mol. The summed E-state index contributed by atoms with van der Waals surface area (Å²) in [5, 5.41) is 10.7. The molecule has 7 nitrogen and oxygen atoms in total. The maximum Gasteiger partial charge on any atom is 0.331 e. The summed E-state index contributed by atoms with van der Waals surface area (Å²) in [4.78, 5) is 31.3. The Morgan fingerprint density at radius 1 is 1.36 bits per heavy atom. The lowest BCUT2D eigenvalue weighted by Gasteiger charge is -2.25. The number of aromatic nitrogens is 2. The zero-order chi connectivity index (χ0) is 17.8. The van der Waals surface area contributed by atoms with Crippen molar-refractivity contribution in [2.75, 3.05) is 0 Å². The zero-order valence-electron chi connectivity index (χ0n) is 14.3. The van der Waals surface area contributed by atoms with Gasteiger partial charge in [0.05, 0.1) is 18.5 Å². The first kappa shape index (κ1) is 17.3. The Hall–Kier alpha value is -2.57. The first-order valence-electron chi connectivity index (χ1n) is 8.75. The van der Waals surface area contributed by atoms with E-state index in [4.69, 9.17) is 4.42 Å². The Kier molecular flexibility index (Phi) is 5.21. The summed E-state index contributed by atoms with van der Waals surface area (Å²) in [6, 6.07) is 3.48. The van der Waals surface area contributed by atoms with Crippen molar-refractivity contribution in [1.82, 2.24) is 9.55 Å². The third kappa shape index (κ3) is 3.60. The highest BCUT2D eigenvalue weighted by atomic mass is 16.3. The Morgan fingerprint density at radius 2 is 2.12 bits per heavy atom. The smallest absolute Gasteiger partial charge is 0.331 e. The molecule has 0 unspecified atom stereocenters. The van der Waals surface area contributed by atoms with Gasteiger partial charge in [-0.15, -0.1) is 0 Å². The molecule has 1 aliphatic rings. The van der Waals surface area contributed by atoms with E-state index in [9.17, 15) is 14.7 Å². The fourth-order valence-electron chi connectivity index (χ4n) is 3.42. The number of aromatic amines is 1. The molecule has 2 aromatic heterocycles. The van der Waals surface area contributed by atoms with Gasteiger partial charge < -0.3 is 9.52 Å². The third-order valence-corrected chi connectivity index (χ3v) is 4.69. The minimum absolute atomic E-state index is 0.0826. The summed E-state index contributed by atoms with van der Waals surface area (Å²) in [7, 11) is 0. The maximum absolute atomic E-state index is 12.3. The molecule has 0 bridgehead atoms. The monoisotopic (exact) mass is 345 g/mol. The SMILES string of the molecule is CCC(=NCc1ccco1)c1c(O)n(C2CCCCC2)c(=O)[nH]c1=O. The van der Waals surface area contributed by atoms with Crippen LogP contribution in [0.2, 0.25) is 0 Å². The largest absolute Gasteiger partial charge is 0.494 e. The highest BCUT2D eigenvalue weighted by Gasteiger charge is 2.24. The van der Waals surface area contributed by atoms with Crippen molar-refractivity contribution in [3.63, 3.8) is 0 Å². The number of aliphatic imine (C=N–C) groups is 1. The predicted octanol–water partition coefficient (Wildman–Crippen LogP) is 2.74. The van der Waals surface area contributed by atoms with Gasteiger partial charge >= 0.3 is 5.69 Å². The van der Waals surface area contributed by atoms with Crippen molar-refractivity contribution in [1.29, 1.82) is 0 Å². The van der Waals surface area contributed by atoms with Crippen LogP contribution in [-0.4, -0.2) is 20.4 Å². The molecule has 0 amide bonds. The molecule has 2 aromatic rings. The van der Waals surface area contributed by atoms with Crippen molar-refractivity contribution in [3.05, 3.63) is 50.6 Å². The van der Waals surface area contributed by atoms with Crippen LogP contribution in [0.5, 0.6) is 5.88 Å². The molecule has 2 N–H and O–H groups in total. The van der Waals surface area contributed by atoms with E-state index in [0.717, 1.165) is 32.1 Å². The van der Waals surface area contributed by atoms with Crippen molar-refractivity contribution < 1.29 is 9.52 Å². The van der Waals surface area contributed by atoms with Gasteiger partial charge in [-0.1, -0.05) is 26.2 Å². The van der Waals surface area contributed by atoms with E-state index in [-0.39, 0.29) is 24.0 Å². The number of H-pyrrole nitrogens is 1. The molecule has 134 valence electrons. The molecule has 1 fully saturated rings.